The first-order valence-electron chi connectivity index (χ1n) is 9.88. The van der Waals surface area contributed by atoms with Crippen LogP contribution in [0.15, 0.2) is 85.5 Å². The standard InChI is InChI=1S/C26H14N4/c1-3-15-9-23-24-10-16-4-2-6-22(26(16)30-24)20-8-18(12-28-14-20)17-7-19(13-27-11-17)21(5-1)25(15)29-23/h1-14H. The van der Waals surface area contributed by atoms with Gasteiger partial charge in [-0.3, -0.25) is 9.97 Å². The summed E-state index contributed by atoms with van der Waals surface area (Å²) in [5.74, 6) is 0. The summed E-state index contributed by atoms with van der Waals surface area (Å²) >= 11 is 0. The van der Waals surface area contributed by atoms with Crippen LogP contribution in [0.5, 0.6) is 0 Å². The molecule has 2 aromatic carbocycles. The van der Waals surface area contributed by atoms with Gasteiger partial charge in [0.05, 0.1) is 22.1 Å². The van der Waals surface area contributed by atoms with Crippen molar-refractivity contribution in [2.75, 3.05) is 0 Å². The van der Waals surface area contributed by atoms with Gasteiger partial charge in [0.15, 0.2) is 0 Å². The van der Waals surface area contributed by atoms with E-state index in [0.29, 0.717) is 0 Å². The molecule has 0 aliphatic carbocycles. The molecule has 0 amide bonds. The second-order valence-electron chi connectivity index (χ2n) is 7.69. The van der Waals surface area contributed by atoms with E-state index < -0.39 is 0 Å². The lowest BCUT2D eigenvalue weighted by Crippen LogP contribution is -1.80. The van der Waals surface area contributed by atoms with Gasteiger partial charge in [0, 0.05) is 67.9 Å². The van der Waals surface area contributed by atoms with Gasteiger partial charge < -0.3 is 0 Å². The minimum atomic E-state index is 0.896. The van der Waals surface area contributed by atoms with Crippen LogP contribution in [-0.2, 0) is 0 Å². The zero-order valence-electron chi connectivity index (χ0n) is 15.9. The third-order valence-electron chi connectivity index (χ3n) is 5.88. The van der Waals surface area contributed by atoms with Crippen LogP contribution in [0.2, 0.25) is 0 Å². The molecule has 0 radical (unpaired) electrons. The van der Waals surface area contributed by atoms with Gasteiger partial charge in [-0.1, -0.05) is 36.4 Å². The molecule has 0 unspecified atom stereocenters. The van der Waals surface area contributed by atoms with E-state index in [1.54, 1.807) is 0 Å². The maximum atomic E-state index is 4.98. The molecule has 8 bridgehead atoms. The van der Waals surface area contributed by atoms with Gasteiger partial charge in [0.25, 0.3) is 0 Å². The maximum absolute atomic E-state index is 4.98. The van der Waals surface area contributed by atoms with Crippen molar-refractivity contribution in [2.45, 2.75) is 0 Å². The van der Waals surface area contributed by atoms with E-state index >= 15 is 0 Å². The van der Waals surface area contributed by atoms with E-state index in [2.05, 4.69) is 70.6 Å². The van der Waals surface area contributed by atoms with E-state index in [1.807, 2.05) is 24.8 Å². The van der Waals surface area contributed by atoms with Crippen LogP contribution in [0.3, 0.4) is 0 Å². The Bertz CT molecular complexity index is 1670. The number of para-hydroxylation sites is 2. The monoisotopic (exact) mass is 382 g/mol. The number of hydrogen-bond acceptors (Lipinski definition) is 4. The molecule has 0 saturated heterocycles. The van der Waals surface area contributed by atoms with Crippen molar-refractivity contribution in [1.82, 2.24) is 19.9 Å². The van der Waals surface area contributed by atoms with Crippen molar-refractivity contribution in [2.24, 2.45) is 0 Å². The number of aromatic nitrogens is 4. The fourth-order valence-electron chi connectivity index (χ4n) is 4.42. The third kappa shape index (κ3) is 2.16. The van der Waals surface area contributed by atoms with Crippen LogP contribution in [0.4, 0.5) is 0 Å². The smallest absolute Gasteiger partial charge is 0.0901 e. The Balaban J connectivity index is 1.85. The highest BCUT2D eigenvalue weighted by Crippen LogP contribution is 2.30. The summed E-state index contributed by atoms with van der Waals surface area (Å²) in [5, 5.41) is 8.52. The number of rotatable bonds is 0. The Morgan fingerprint density at radius 2 is 0.900 bits per heavy atom. The van der Waals surface area contributed by atoms with Gasteiger partial charge in [-0.2, -0.15) is 0 Å². The second-order valence-corrected chi connectivity index (χ2v) is 7.69. The molecule has 7 aromatic rings. The second kappa shape index (κ2) is 5.67. The first-order chi connectivity index (χ1) is 14.8. The van der Waals surface area contributed by atoms with Gasteiger partial charge in [-0.15, -0.1) is 0 Å². The van der Waals surface area contributed by atoms with Crippen molar-refractivity contribution in [3.63, 3.8) is 0 Å². The van der Waals surface area contributed by atoms with Crippen molar-refractivity contribution < 1.29 is 0 Å². The van der Waals surface area contributed by atoms with Crippen LogP contribution in [0.1, 0.15) is 0 Å². The first kappa shape index (κ1) is 15.7. The number of nitrogens with zero attached hydrogens (tertiary/aromatic N) is 4. The Kier molecular flexibility index (Phi) is 2.97. The molecule has 0 atom stereocenters. The predicted molar refractivity (Wildman–Crippen MR) is 123 cm³/mol. The average Bonchev–Trinajstić information content (AvgIpc) is 3.42. The van der Waals surface area contributed by atoms with Crippen LogP contribution >= 0.6 is 0 Å². The van der Waals surface area contributed by atoms with Crippen LogP contribution in [0, 0.1) is 0 Å². The van der Waals surface area contributed by atoms with Crippen molar-refractivity contribution in [1.29, 1.82) is 0 Å². The molecule has 0 N–H and O–H groups in total. The van der Waals surface area contributed by atoms with Crippen LogP contribution < -0.4 is 0 Å². The summed E-state index contributed by atoms with van der Waals surface area (Å²) in [7, 11) is 0. The third-order valence-corrected chi connectivity index (χ3v) is 5.88. The molecule has 5 heterocycles. The Hall–Kier alpha value is -4.18. The van der Waals surface area contributed by atoms with E-state index in [4.69, 9.17) is 9.97 Å². The van der Waals surface area contributed by atoms with Crippen molar-refractivity contribution in [3.05, 3.63) is 85.5 Å². The molecule has 4 nitrogen and oxygen atoms in total. The minimum absolute atomic E-state index is 0.896. The molecule has 138 valence electrons. The maximum Gasteiger partial charge on any atom is 0.0901 e. The quantitative estimate of drug-likeness (QED) is 0.314. The largest absolute Gasteiger partial charge is 0.263 e. The van der Waals surface area contributed by atoms with Gasteiger partial charge in [0.2, 0.25) is 0 Å². The summed E-state index contributed by atoms with van der Waals surface area (Å²) < 4.78 is 0. The molecular formula is C26H14N4. The number of hydrogen-bond donors (Lipinski definition) is 0. The number of benzene rings is 2. The fourth-order valence-corrected chi connectivity index (χ4v) is 4.42. The lowest BCUT2D eigenvalue weighted by molar-refractivity contribution is 1.37. The van der Waals surface area contributed by atoms with Crippen LogP contribution in [0.25, 0.3) is 65.2 Å². The fraction of sp³-hybridized carbons (Fsp3) is 0. The average molecular weight is 382 g/mol. The number of fused-ring (bicyclic) bond motifs is 10. The lowest BCUT2D eigenvalue weighted by Gasteiger charge is -2.00. The molecule has 30 heavy (non-hydrogen) atoms. The molecule has 0 spiro atoms. The zero-order valence-corrected chi connectivity index (χ0v) is 15.9. The van der Waals surface area contributed by atoms with Gasteiger partial charge in [-0.25, -0.2) is 9.97 Å². The SMILES string of the molecule is c1cc2cc3nc2c(c1)c1cncc(c1)c1cncc(c1)c1cccc2cc3nc21. The normalized spacial score (nSPS) is 12.0. The van der Waals surface area contributed by atoms with E-state index in [0.717, 1.165) is 65.2 Å². The summed E-state index contributed by atoms with van der Waals surface area (Å²) in [6, 6.07) is 21.1. The Morgan fingerprint density at radius 1 is 0.433 bits per heavy atom. The van der Waals surface area contributed by atoms with Crippen molar-refractivity contribution >= 4 is 65.2 Å². The lowest BCUT2D eigenvalue weighted by atomic mass is 10.1. The zero-order chi connectivity index (χ0) is 19.7. The highest BCUT2D eigenvalue weighted by molar-refractivity contribution is 6.11. The molecule has 4 heteroatoms. The summed E-state index contributed by atoms with van der Waals surface area (Å²) in [5.41, 5.74) is 3.74. The molecular weight excluding hydrogens is 368 g/mol. The van der Waals surface area contributed by atoms with E-state index in [-0.39, 0.29) is 0 Å². The summed E-state index contributed by atoms with van der Waals surface area (Å²) in [6.45, 7) is 0. The topological polar surface area (TPSA) is 51.6 Å². The minimum Gasteiger partial charge on any atom is -0.263 e. The van der Waals surface area contributed by atoms with Crippen molar-refractivity contribution in [3.8, 4) is 0 Å². The van der Waals surface area contributed by atoms with E-state index in [9.17, 15) is 0 Å². The van der Waals surface area contributed by atoms with Crippen LogP contribution in [-0.4, -0.2) is 19.9 Å². The highest BCUT2D eigenvalue weighted by atomic mass is 14.8. The molecule has 5 aromatic heterocycles. The Morgan fingerprint density at radius 3 is 1.40 bits per heavy atom. The van der Waals surface area contributed by atoms with Gasteiger partial charge in [0.1, 0.15) is 0 Å². The van der Waals surface area contributed by atoms with Gasteiger partial charge in [-0.05, 0) is 24.3 Å². The van der Waals surface area contributed by atoms with Gasteiger partial charge >= 0.3 is 0 Å². The first-order valence-corrected chi connectivity index (χ1v) is 9.88. The molecule has 0 fully saturated rings. The summed E-state index contributed by atoms with van der Waals surface area (Å²) in [4.78, 5) is 19.0. The molecule has 0 saturated carbocycles. The highest BCUT2D eigenvalue weighted by Gasteiger charge is 2.09. The molecule has 7 rings (SSSR count). The summed E-state index contributed by atoms with van der Waals surface area (Å²) in [6.07, 6.45) is 7.57. The number of pyridine rings is 2. The molecule has 0 aliphatic heterocycles. The predicted octanol–water partition coefficient (Wildman–Crippen LogP) is 6.19. The Labute approximate surface area is 170 Å². The molecule has 0 aliphatic rings. The van der Waals surface area contributed by atoms with E-state index in [1.165, 1.54) is 0 Å².